The molecule has 2 heterocycles. The summed E-state index contributed by atoms with van der Waals surface area (Å²) in [7, 11) is 0. The maximum Gasteiger partial charge on any atom is 0.277 e. The Hall–Kier alpha value is -3.09. The summed E-state index contributed by atoms with van der Waals surface area (Å²) in [5.74, 6) is 0.165. The van der Waals surface area contributed by atoms with E-state index in [1.165, 1.54) is 15.3 Å². The van der Waals surface area contributed by atoms with Crippen molar-refractivity contribution in [2.45, 2.75) is 26.3 Å². The number of nitrogens with zero attached hydrogens (tertiary/aromatic N) is 3. The standard InChI is InChI=1S/C18H20N4O3/c1-2-3-10-25-16-7-5-4-6-13(16)14-11-15-18(24)21(12-17(19)23)8-9-22(15)20-14/h4-9,11H,2-3,10,12H2,1H3,(H2,19,23). The van der Waals surface area contributed by atoms with Crippen LogP contribution in [-0.2, 0) is 11.3 Å². The number of fused-ring (bicyclic) bond motifs is 1. The maximum atomic E-state index is 12.5. The molecule has 0 atom stereocenters. The van der Waals surface area contributed by atoms with Crippen LogP contribution in [0, 0.1) is 0 Å². The molecule has 7 nitrogen and oxygen atoms in total. The second-order valence-electron chi connectivity index (χ2n) is 5.76. The molecule has 0 saturated heterocycles. The summed E-state index contributed by atoms with van der Waals surface area (Å²) in [4.78, 5) is 23.5. The molecule has 3 aromatic rings. The van der Waals surface area contributed by atoms with E-state index in [0.29, 0.717) is 17.8 Å². The van der Waals surface area contributed by atoms with Gasteiger partial charge in [-0.25, -0.2) is 4.52 Å². The van der Waals surface area contributed by atoms with E-state index < -0.39 is 5.91 Å². The van der Waals surface area contributed by atoms with Crippen LogP contribution in [0.25, 0.3) is 16.8 Å². The molecule has 0 radical (unpaired) electrons. The molecule has 1 amide bonds. The fourth-order valence-electron chi connectivity index (χ4n) is 2.58. The van der Waals surface area contributed by atoms with Crippen molar-refractivity contribution >= 4 is 11.4 Å². The average Bonchev–Trinajstić information content (AvgIpc) is 3.03. The van der Waals surface area contributed by atoms with Crippen LogP contribution < -0.4 is 16.0 Å². The molecule has 0 aliphatic carbocycles. The highest BCUT2D eigenvalue weighted by Crippen LogP contribution is 2.29. The van der Waals surface area contributed by atoms with Crippen molar-refractivity contribution in [1.29, 1.82) is 0 Å². The number of benzene rings is 1. The lowest BCUT2D eigenvalue weighted by molar-refractivity contribution is -0.118. The van der Waals surface area contributed by atoms with E-state index in [2.05, 4.69) is 12.0 Å². The third kappa shape index (κ3) is 3.55. The molecule has 2 aromatic heterocycles. The third-order valence-corrected chi connectivity index (χ3v) is 3.85. The predicted octanol–water partition coefficient (Wildman–Crippen LogP) is 1.83. The largest absolute Gasteiger partial charge is 0.493 e. The molecule has 0 spiro atoms. The first kappa shape index (κ1) is 16.8. The summed E-state index contributed by atoms with van der Waals surface area (Å²) in [6.45, 7) is 2.58. The zero-order valence-corrected chi connectivity index (χ0v) is 14.0. The highest BCUT2D eigenvalue weighted by atomic mass is 16.5. The molecule has 0 aliphatic heterocycles. The van der Waals surface area contributed by atoms with Gasteiger partial charge in [0.25, 0.3) is 5.56 Å². The van der Waals surface area contributed by atoms with Gasteiger partial charge in [0.15, 0.2) is 0 Å². The Morgan fingerprint density at radius 3 is 2.84 bits per heavy atom. The van der Waals surface area contributed by atoms with Gasteiger partial charge in [-0.15, -0.1) is 0 Å². The first-order valence-corrected chi connectivity index (χ1v) is 8.19. The Labute approximate surface area is 144 Å². The fourth-order valence-corrected chi connectivity index (χ4v) is 2.58. The number of rotatable bonds is 7. The van der Waals surface area contributed by atoms with E-state index in [1.807, 2.05) is 24.3 Å². The molecular formula is C18H20N4O3. The van der Waals surface area contributed by atoms with Gasteiger partial charge in [0.05, 0.1) is 12.3 Å². The summed E-state index contributed by atoms with van der Waals surface area (Å²) in [5, 5.41) is 4.46. The van der Waals surface area contributed by atoms with Crippen molar-refractivity contribution in [2.24, 2.45) is 5.73 Å². The number of hydrogen-bond acceptors (Lipinski definition) is 4. The van der Waals surface area contributed by atoms with E-state index in [9.17, 15) is 9.59 Å². The summed E-state index contributed by atoms with van der Waals surface area (Å²) in [6, 6.07) is 9.30. The summed E-state index contributed by atoms with van der Waals surface area (Å²) in [5.41, 5.74) is 6.70. The average molecular weight is 340 g/mol. The molecule has 2 N–H and O–H groups in total. The first-order chi connectivity index (χ1) is 12.1. The molecule has 3 rings (SSSR count). The summed E-state index contributed by atoms with van der Waals surface area (Å²) >= 11 is 0. The first-order valence-electron chi connectivity index (χ1n) is 8.19. The lowest BCUT2D eigenvalue weighted by Gasteiger charge is -2.09. The van der Waals surface area contributed by atoms with Gasteiger partial charge < -0.3 is 15.0 Å². The second kappa shape index (κ2) is 7.21. The van der Waals surface area contributed by atoms with Crippen LogP contribution in [0.4, 0.5) is 0 Å². The molecule has 0 unspecified atom stereocenters. The van der Waals surface area contributed by atoms with Crippen molar-refractivity contribution in [3.8, 4) is 17.0 Å². The van der Waals surface area contributed by atoms with E-state index in [-0.39, 0.29) is 12.1 Å². The van der Waals surface area contributed by atoms with Gasteiger partial charge in [0.1, 0.15) is 17.8 Å². The molecule has 0 fully saturated rings. The highest BCUT2D eigenvalue weighted by molar-refractivity contribution is 5.74. The predicted molar refractivity (Wildman–Crippen MR) is 94.5 cm³/mol. The lowest BCUT2D eigenvalue weighted by Crippen LogP contribution is -2.28. The number of unbranched alkanes of at least 4 members (excludes halogenated alkanes) is 1. The molecule has 0 saturated carbocycles. The Bertz CT molecular complexity index is 958. The van der Waals surface area contributed by atoms with Crippen LogP contribution in [0.3, 0.4) is 0 Å². The minimum Gasteiger partial charge on any atom is -0.493 e. The zero-order chi connectivity index (χ0) is 17.8. The van der Waals surface area contributed by atoms with Crippen LogP contribution in [0.2, 0.25) is 0 Å². The molecule has 0 bridgehead atoms. The number of para-hydroxylation sites is 1. The van der Waals surface area contributed by atoms with Crippen LogP contribution in [0.5, 0.6) is 5.75 Å². The normalized spacial score (nSPS) is 10.9. The third-order valence-electron chi connectivity index (χ3n) is 3.85. The quantitative estimate of drug-likeness (QED) is 0.664. The van der Waals surface area contributed by atoms with E-state index >= 15 is 0 Å². The topological polar surface area (TPSA) is 91.6 Å². The number of ether oxygens (including phenoxy) is 1. The lowest BCUT2D eigenvalue weighted by atomic mass is 10.1. The minimum absolute atomic E-state index is 0.160. The van der Waals surface area contributed by atoms with Crippen molar-refractivity contribution in [3.05, 3.63) is 53.1 Å². The number of carbonyl (C=O) groups excluding carboxylic acids is 1. The van der Waals surface area contributed by atoms with Crippen LogP contribution in [-0.4, -0.2) is 26.7 Å². The van der Waals surface area contributed by atoms with Gasteiger partial charge in [-0.05, 0) is 24.6 Å². The number of amides is 1. The highest BCUT2D eigenvalue weighted by Gasteiger charge is 2.13. The Balaban J connectivity index is 2.01. The molecule has 1 aromatic carbocycles. The molecular weight excluding hydrogens is 320 g/mol. The minimum atomic E-state index is -0.569. The maximum absolute atomic E-state index is 12.5. The molecule has 0 aliphatic rings. The van der Waals surface area contributed by atoms with Crippen molar-refractivity contribution in [3.63, 3.8) is 0 Å². The molecule has 25 heavy (non-hydrogen) atoms. The van der Waals surface area contributed by atoms with Gasteiger partial charge in [0, 0.05) is 18.0 Å². The monoisotopic (exact) mass is 340 g/mol. The van der Waals surface area contributed by atoms with Gasteiger partial charge in [0.2, 0.25) is 5.91 Å². The van der Waals surface area contributed by atoms with E-state index in [4.69, 9.17) is 10.5 Å². The number of nitrogens with two attached hydrogens (primary N) is 1. The number of primary amides is 1. The number of carbonyl (C=O) groups is 1. The van der Waals surface area contributed by atoms with Gasteiger partial charge in [-0.3, -0.25) is 9.59 Å². The Morgan fingerprint density at radius 1 is 1.28 bits per heavy atom. The van der Waals surface area contributed by atoms with E-state index in [1.54, 1.807) is 12.3 Å². The van der Waals surface area contributed by atoms with Crippen molar-refractivity contribution in [2.75, 3.05) is 6.61 Å². The zero-order valence-electron chi connectivity index (χ0n) is 14.0. The number of hydrogen-bond donors (Lipinski definition) is 1. The fraction of sp³-hybridized carbons (Fsp3) is 0.278. The van der Waals surface area contributed by atoms with E-state index in [0.717, 1.165) is 24.2 Å². The van der Waals surface area contributed by atoms with Crippen molar-refractivity contribution < 1.29 is 9.53 Å². The van der Waals surface area contributed by atoms with Crippen LogP contribution in [0.15, 0.2) is 47.5 Å². The Morgan fingerprint density at radius 2 is 2.08 bits per heavy atom. The van der Waals surface area contributed by atoms with Gasteiger partial charge in [-0.2, -0.15) is 5.10 Å². The second-order valence-corrected chi connectivity index (χ2v) is 5.76. The smallest absolute Gasteiger partial charge is 0.277 e. The van der Waals surface area contributed by atoms with Crippen LogP contribution >= 0.6 is 0 Å². The van der Waals surface area contributed by atoms with Gasteiger partial charge in [-0.1, -0.05) is 25.5 Å². The number of aromatic nitrogens is 3. The molecule has 7 heteroatoms. The summed E-state index contributed by atoms with van der Waals surface area (Å²) < 4.78 is 8.61. The van der Waals surface area contributed by atoms with Crippen molar-refractivity contribution in [1.82, 2.24) is 14.2 Å². The van der Waals surface area contributed by atoms with Gasteiger partial charge >= 0.3 is 0 Å². The molecule has 130 valence electrons. The Kier molecular flexibility index (Phi) is 4.83. The SMILES string of the molecule is CCCCOc1ccccc1-c1cc2c(=O)n(CC(N)=O)ccn2n1. The van der Waals surface area contributed by atoms with Crippen LogP contribution in [0.1, 0.15) is 19.8 Å². The summed E-state index contributed by atoms with van der Waals surface area (Å²) in [6.07, 6.45) is 5.15.